The molecule has 0 aliphatic heterocycles. The van der Waals surface area contributed by atoms with Gasteiger partial charge >= 0.3 is 6.03 Å². The number of carbonyl (C=O) groups excluding carboxylic acids is 1. The maximum atomic E-state index is 12.2. The number of benzene rings is 1. The number of carbonyl (C=O) groups is 1. The second-order valence-electron chi connectivity index (χ2n) is 9.38. The predicted molar refractivity (Wildman–Crippen MR) is 133 cm³/mol. The molecule has 0 saturated heterocycles. The van der Waals surface area contributed by atoms with Gasteiger partial charge in [-0.15, -0.1) is 0 Å². The molecule has 2 amide bonds. The highest BCUT2D eigenvalue weighted by molar-refractivity contribution is 5.97. The maximum absolute atomic E-state index is 12.2. The number of primary amides is 1. The van der Waals surface area contributed by atoms with Crippen LogP contribution in [0.5, 0.6) is 0 Å². The molecule has 0 bridgehead atoms. The average Bonchev–Trinajstić information content (AvgIpc) is 3.23. The molecule has 0 aliphatic carbocycles. The van der Waals surface area contributed by atoms with Crippen LogP contribution in [0.3, 0.4) is 0 Å². The first kappa shape index (κ1) is 24.7. The smallest absolute Gasteiger partial charge is 0.325 e. The zero-order valence-corrected chi connectivity index (χ0v) is 20.5. The Bertz CT molecular complexity index is 1180. The van der Waals surface area contributed by atoms with Gasteiger partial charge in [0.05, 0.1) is 11.3 Å². The van der Waals surface area contributed by atoms with E-state index in [9.17, 15) is 4.79 Å². The van der Waals surface area contributed by atoms with Gasteiger partial charge in [0.1, 0.15) is 5.76 Å². The highest BCUT2D eigenvalue weighted by Gasteiger charge is 2.24. The number of anilines is 3. The van der Waals surface area contributed by atoms with Crippen molar-refractivity contribution in [1.29, 1.82) is 0 Å². The van der Waals surface area contributed by atoms with Crippen molar-refractivity contribution < 1.29 is 9.32 Å². The van der Waals surface area contributed by atoms with Gasteiger partial charge in [0.25, 0.3) is 0 Å². The van der Waals surface area contributed by atoms with Crippen LogP contribution in [0, 0.1) is 11.8 Å². The zero-order valence-electron chi connectivity index (χ0n) is 20.5. The largest absolute Gasteiger partial charge is 0.359 e. The van der Waals surface area contributed by atoms with Crippen LogP contribution >= 0.6 is 0 Å². The SMILES string of the molecule is CC(CN(C)C)Nc1ncc(C#Cc2cccc(N(C(N)=O)c3cc(C(C)(C)C)on3)c2)cn1. The monoisotopic (exact) mass is 461 g/mol. The number of rotatable bonds is 6. The fourth-order valence-electron chi connectivity index (χ4n) is 3.25. The molecule has 0 saturated carbocycles. The quantitative estimate of drug-likeness (QED) is 0.538. The number of nitrogens with one attached hydrogen (secondary N) is 1. The minimum absolute atomic E-state index is 0.215. The molecule has 9 heteroatoms. The van der Waals surface area contributed by atoms with Crippen LogP contribution in [0.15, 0.2) is 47.2 Å². The number of aromatic nitrogens is 3. The van der Waals surface area contributed by atoms with Gasteiger partial charge < -0.3 is 20.5 Å². The van der Waals surface area contributed by atoms with Crippen molar-refractivity contribution >= 4 is 23.5 Å². The second-order valence-corrected chi connectivity index (χ2v) is 9.38. The van der Waals surface area contributed by atoms with Gasteiger partial charge in [-0.05, 0) is 39.2 Å². The molecule has 0 radical (unpaired) electrons. The van der Waals surface area contributed by atoms with Crippen LogP contribution in [0.1, 0.15) is 44.6 Å². The van der Waals surface area contributed by atoms with Crippen molar-refractivity contribution in [2.75, 3.05) is 30.9 Å². The number of nitrogens with two attached hydrogens (primary N) is 1. The molecule has 3 aromatic rings. The normalized spacial score (nSPS) is 12.1. The molecule has 2 aromatic heterocycles. The second kappa shape index (κ2) is 10.4. The Hall–Kier alpha value is -3.90. The number of hydrogen-bond donors (Lipinski definition) is 2. The Morgan fingerprint density at radius 3 is 2.41 bits per heavy atom. The summed E-state index contributed by atoms with van der Waals surface area (Å²) in [6.07, 6.45) is 3.35. The molecule has 1 aromatic carbocycles. The minimum atomic E-state index is -0.668. The lowest BCUT2D eigenvalue weighted by atomic mass is 9.93. The van der Waals surface area contributed by atoms with Gasteiger partial charge in [-0.2, -0.15) is 0 Å². The number of amides is 2. The number of hydrogen-bond acceptors (Lipinski definition) is 7. The fourth-order valence-corrected chi connectivity index (χ4v) is 3.25. The van der Waals surface area contributed by atoms with E-state index in [0.29, 0.717) is 34.3 Å². The van der Waals surface area contributed by atoms with E-state index in [1.165, 1.54) is 4.90 Å². The van der Waals surface area contributed by atoms with Gasteiger partial charge in [0, 0.05) is 42.0 Å². The van der Waals surface area contributed by atoms with Gasteiger partial charge in [0.2, 0.25) is 5.95 Å². The predicted octanol–water partition coefficient (Wildman–Crippen LogP) is 3.74. The van der Waals surface area contributed by atoms with Crippen molar-refractivity contribution in [2.24, 2.45) is 5.73 Å². The van der Waals surface area contributed by atoms with E-state index in [1.807, 2.05) is 40.9 Å². The lowest BCUT2D eigenvalue weighted by molar-refractivity contribution is 0.255. The zero-order chi connectivity index (χ0) is 24.9. The van der Waals surface area contributed by atoms with Gasteiger partial charge in [-0.25, -0.2) is 19.7 Å². The summed E-state index contributed by atoms with van der Waals surface area (Å²) in [7, 11) is 4.04. The Balaban J connectivity index is 1.78. The molecule has 3 N–H and O–H groups in total. The van der Waals surface area contributed by atoms with Crippen LogP contribution in [-0.2, 0) is 5.41 Å². The van der Waals surface area contributed by atoms with E-state index < -0.39 is 6.03 Å². The lowest BCUT2D eigenvalue weighted by Crippen LogP contribution is -2.31. The molecular formula is C25H31N7O2. The summed E-state index contributed by atoms with van der Waals surface area (Å²) in [6.45, 7) is 8.94. The molecule has 1 unspecified atom stereocenters. The summed E-state index contributed by atoms with van der Waals surface area (Å²) in [6, 6.07) is 8.44. The number of urea groups is 1. The highest BCUT2D eigenvalue weighted by atomic mass is 16.5. The van der Waals surface area contributed by atoms with Crippen molar-refractivity contribution in [1.82, 2.24) is 20.0 Å². The van der Waals surface area contributed by atoms with Crippen LogP contribution in [0.25, 0.3) is 0 Å². The van der Waals surface area contributed by atoms with Crippen molar-refractivity contribution in [3.63, 3.8) is 0 Å². The topological polar surface area (TPSA) is 113 Å². The van der Waals surface area contributed by atoms with E-state index in [1.54, 1.807) is 36.7 Å². The third-order valence-corrected chi connectivity index (χ3v) is 4.81. The van der Waals surface area contributed by atoms with Crippen molar-refractivity contribution in [3.8, 4) is 11.8 Å². The molecule has 9 nitrogen and oxygen atoms in total. The third kappa shape index (κ3) is 6.56. The number of likely N-dealkylation sites (N-methyl/N-ethyl adjacent to an activating group) is 1. The fraction of sp³-hybridized carbons (Fsp3) is 0.360. The van der Waals surface area contributed by atoms with Crippen LogP contribution in [0.4, 0.5) is 22.2 Å². The summed E-state index contributed by atoms with van der Waals surface area (Å²) in [5.41, 5.74) is 7.32. The highest BCUT2D eigenvalue weighted by Crippen LogP contribution is 2.30. The summed E-state index contributed by atoms with van der Waals surface area (Å²) in [5.74, 6) is 7.67. The van der Waals surface area contributed by atoms with E-state index in [2.05, 4.69) is 44.1 Å². The maximum Gasteiger partial charge on any atom is 0.325 e. The summed E-state index contributed by atoms with van der Waals surface area (Å²) < 4.78 is 5.42. The van der Waals surface area contributed by atoms with Crippen LogP contribution in [0.2, 0.25) is 0 Å². The molecular weight excluding hydrogens is 430 g/mol. The van der Waals surface area contributed by atoms with Gasteiger partial charge in [0.15, 0.2) is 5.82 Å². The Kier molecular flexibility index (Phi) is 7.54. The van der Waals surface area contributed by atoms with E-state index in [-0.39, 0.29) is 11.5 Å². The molecule has 1 atom stereocenters. The Labute approximate surface area is 200 Å². The molecule has 178 valence electrons. The molecule has 0 aliphatic rings. The Morgan fingerprint density at radius 1 is 1.15 bits per heavy atom. The van der Waals surface area contributed by atoms with Crippen molar-refractivity contribution in [3.05, 3.63) is 59.6 Å². The molecule has 2 heterocycles. The molecule has 34 heavy (non-hydrogen) atoms. The summed E-state index contributed by atoms with van der Waals surface area (Å²) in [4.78, 5) is 24.3. The molecule has 0 fully saturated rings. The first-order valence-corrected chi connectivity index (χ1v) is 10.9. The van der Waals surface area contributed by atoms with Gasteiger partial charge in [-0.1, -0.05) is 43.8 Å². The summed E-state index contributed by atoms with van der Waals surface area (Å²) in [5, 5.41) is 7.29. The summed E-state index contributed by atoms with van der Waals surface area (Å²) >= 11 is 0. The first-order chi connectivity index (χ1) is 16.0. The molecule has 0 spiro atoms. The minimum Gasteiger partial charge on any atom is -0.359 e. The van der Waals surface area contributed by atoms with Crippen LogP contribution in [-0.4, -0.2) is 52.7 Å². The van der Waals surface area contributed by atoms with E-state index in [0.717, 1.165) is 6.54 Å². The Morgan fingerprint density at radius 2 is 1.82 bits per heavy atom. The number of nitrogens with zero attached hydrogens (tertiary/aromatic N) is 5. The molecule has 3 rings (SSSR count). The third-order valence-electron chi connectivity index (χ3n) is 4.81. The van der Waals surface area contributed by atoms with Gasteiger partial charge in [-0.3, -0.25) is 0 Å². The lowest BCUT2D eigenvalue weighted by Gasteiger charge is -2.17. The van der Waals surface area contributed by atoms with Crippen molar-refractivity contribution in [2.45, 2.75) is 39.2 Å². The standard InChI is InChI=1S/C25H31N7O2/c1-17(16-31(5)6)29-24-27-14-19(15-28-24)11-10-18-8-7-9-20(12-18)32(23(26)33)22-13-21(34-30-22)25(2,3)4/h7-9,12-15,17H,16H2,1-6H3,(H2,26,33)(H,27,28,29). The van der Waals surface area contributed by atoms with Crippen LogP contribution < -0.4 is 16.0 Å². The average molecular weight is 462 g/mol. The first-order valence-electron chi connectivity index (χ1n) is 10.9. The van der Waals surface area contributed by atoms with E-state index >= 15 is 0 Å². The van der Waals surface area contributed by atoms with E-state index in [4.69, 9.17) is 10.3 Å².